The summed E-state index contributed by atoms with van der Waals surface area (Å²) in [6.45, 7) is 0.435. The van der Waals surface area contributed by atoms with Crippen molar-refractivity contribution in [1.82, 2.24) is 9.97 Å². The van der Waals surface area contributed by atoms with Gasteiger partial charge in [0.25, 0.3) is 0 Å². The van der Waals surface area contributed by atoms with Crippen LogP contribution in [-0.4, -0.2) is 27.3 Å². The molecule has 0 saturated heterocycles. The second kappa shape index (κ2) is 6.33. The maximum Gasteiger partial charge on any atom is 0.352 e. The lowest BCUT2D eigenvalue weighted by Crippen LogP contribution is -2.12. The molecule has 98 valence electrons. The number of amides is 1. The standard InChI is InChI=1S/C9H14N6O3/c10-6(16)3-1-2-4-12-9-7(15(17)18)8(11)13-5-14-9/h5H,1-4H2,(H2,10,16)(H3,11,12,13,14). The van der Waals surface area contributed by atoms with Crippen LogP contribution in [-0.2, 0) is 4.79 Å². The molecule has 0 aliphatic carbocycles. The Kier molecular flexibility index (Phi) is 4.78. The number of rotatable bonds is 7. The first kappa shape index (κ1) is 13.6. The minimum Gasteiger partial charge on any atom is -0.378 e. The SMILES string of the molecule is NC(=O)CCCCNc1ncnc(N)c1[N+](=O)[O-]. The van der Waals surface area contributed by atoms with Crippen LogP contribution in [0.25, 0.3) is 0 Å². The summed E-state index contributed by atoms with van der Waals surface area (Å²) in [7, 11) is 0. The average molecular weight is 254 g/mol. The molecule has 0 aliphatic rings. The highest BCUT2D eigenvalue weighted by molar-refractivity contribution is 5.73. The highest BCUT2D eigenvalue weighted by atomic mass is 16.6. The van der Waals surface area contributed by atoms with Crippen LogP contribution in [0.2, 0.25) is 0 Å². The first-order chi connectivity index (χ1) is 8.52. The zero-order chi connectivity index (χ0) is 13.5. The number of carbonyl (C=O) groups excluding carboxylic acids is 1. The number of nitro groups is 1. The Bertz CT molecular complexity index is 450. The molecule has 0 fully saturated rings. The Morgan fingerprint density at radius 3 is 2.78 bits per heavy atom. The van der Waals surface area contributed by atoms with Crippen LogP contribution < -0.4 is 16.8 Å². The van der Waals surface area contributed by atoms with Gasteiger partial charge in [-0.05, 0) is 12.8 Å². The van der Waals surface area contributed by atoms with E-state index >= 15 is 0 Å². The molecule has 9 nitrogen and oxygen atoms in total. The second-order valence-electron chi connectivity index (χ2n) is 3.56. The zero-order valence-electron chi connectivity index (χ0n) is 9.63. The molecule has 1 rings (SSSR count). The van der Waals surface area contributed by atoms with Gasteiger partial charge >= 0.3 is 5.69 Å². The monoisotopic (exact) mass is 254 g/mol. The summed E-state index contributed by atoms with van der Waals surface area (Å²) in [5.74, 6) is -0.478. The summed E-state index contributed by atoms with van der Waals surface area (Å²) in [5, 5.41) is 13.5. The van der Waals surface area contributed by atoms with Crippen molar-refractivity contribution in [3.63, 3.8) is 0 Å². The molecule has 1 aromatic rings. The summed E-state index contributed by atoms with van der Waals surface area (Å²) in [6, 6.07) is 0. The van der Waals surface area contributed by atoms with Crippen LogP contribution in [0.5, 0.6) is 0 Å². The van der Waals surface area contributed by atoms with Gasteiger partial charge in [-0.1, -0.05) is 0 Å². The molecule has 9 heteroatoms. The van der Waals surface area contributed by atoms with Crippen LogP contribution in [0.3, 0.4) is 0 Å². The van der Waals surface area contributed by atoms with Gasteiger partial charge in [0.1, 0.15) is 6.33 Å². The molecule has 0 unspecified atom stereocenters. The number of primary amides is 1. The minimum atomic E-state index is -0.638. The molecular weight excluding hydrogens is 240 g/mol. The normalized spacial score (nSPS) is 10.0. The number of nitrogens with one attached hydrogen (secondary N) is 1. The van der Waals surface area contributed by atoms with Crippen molar-refractivity contribution < 1.29 is 9.72 Å². The van der Waals surface area contributed by atoms with Crippen molar-refractivity contribution in [2.24, 2.45) is 5.73 Å². The molecule has 1 heterocycles. The van der Waals surface area contributed by atoms with Gasteiger partial charge in [-0.2, -0.15) is 0 Å². The molecule has 1 aromatic heterocycles. The van der Waals surface area contributed by atoms with Crippen molar-refractivity contribution in [3.05, 3.63) is 16.4 Å². The Hall–Kier alpha value is -2.45. The van der Waals surface area contributed by atoms with Crippen molar-refractivity contribution >= 4 is 23.2 Å². The lowest BCUT2D eigenvalue weighted by Gasteiger charge is -2.06. The number of aromatic nitrogens is 2. The van der Waals surface area contributed by atoms with Gasteiger partial charge in [0, 0.05) is 13.0 Å². The molecule has 1 amide bonds. The van der Waals surface area contributed by atoms with Crippen LogP contribution in [0.1, 0.15) is 19.3 Å². The highest BCUT2D eigenvalue weighted by Crippen LogP contribution is 2.25. The molecule has 0 bridgehead atoms. The number of hydrogen-bond donors (Lipinski definition) is 3. The van der Waals surface area contributed by atoms with E-state index in [9.17, 15) is 14.9 Å². The topological polar surface area (TPSA) is 150 Å². The molecule has 0 spiro atoms. The molecular formula is C9H14N6O3. The van der Waals surface area contributed by atoms with Crippen molar-refractivity contribution in [2.45, 2.75) is 19.3 Å². The molecule has 0 aliphatic heterocycles. The van der Waals surface area contributed by atoms with E-state index in [1.165, 1.54) is 0 Å². The average Bonchev–Trinajstić information content (AvgIpc) is 2.27. The van der Waals surface area contributed by atoms with E-state index in [0.717, 1.165) is 6.33 Å². The number of nitrogen functional groups attached to an aromatic ring is 1. The number of nitrogens with two attached hydrogens (primary N) is 2. The van der Waals surface area contributed by atoms with Gasteiger partial charge in [0.2, 0.25) is 17.5 Å². The minimum absolute atomic E-state index is 0.0755. The number of hydrogen-bond acceptors (Lipinski definition) is 7. The predicted molar refractivity (Wildman–Crippen MR) is 64.6 cm³/mol. The van der Waals surface area contributed by atoms with E-state index in [2.05, 4.69) is 15.3 Å². The quantitative estimate of drug-likeness (QED) is 0.353. The third-order valence-electron chi connectivity index (χ3n) is 2.18. The maximum absolute atomic E-state index is 10.8. The van der Waals surface area contributed by atoms with Gasteiger partial charge in [-0.25, -0.2) is 9.97 Å². The third kappa shape index (κ3) is 3.85. The van der Waals surface area contributed by atoms with Gasteiger partial charge in [-0.3, -0.25) is 14.9 Å². The Balaban J connectivity index is 2.54. The van der Waals surface area contributed by atoms with E-state index in [4.69, 9.17) is 11.5 Å². The lowest BCUT2D eigenvalue weighted by atomic mass is 10.2. The molecule has 0 radical (unpaired) electrons. The summed E-state index contributed by atoms with van der Waals surface area (Å²) in [6.07, 6.45) is 2.68. The van der Waals surface area contributed by atoms with Gasteiger partial charge < -0.3 is 16.8 Å². The molecule has 0 saturated carbocycles. The van der Waals surface area contributed by atoms with E-state index in [1.807, 2.05) is 0 Å². The fourth-order valence-electron chi connectivity index (χ4n) is 1.33. The lowest BCUT2D eigenvalue weighted by molar-refractivity contribution is -0.383. The predicted octanol–water partition coefficient (Wildman–Crippen LogP) is 0.0345. The number of unbranched alkanes of at least 4 members (excludes halogenated alkanes) is 1. The van der Waals surface area contributed by atoms with Gasteiger partial charge in [0.15, 0.2) is 0 Å². The first-order valence-electron chi connectivity index (χ1n) is 5.29. The Labute approximate surface area is 103 Å². The number of anilines is 2. The third-order valence-corrected chi connectivity index (χ3v) is 2.18. The Morgan fingerprint density at radius 2 is 2.17 bits per heavy atom. The Morgan fingerprint density at radius 1 is 1.44 bits per heavy atom. The first-order valence-corrected chi connectivity index (χ1v) is 5.29. The van der Waals surface area contributed by atoms with E-state index in [-0.39, 0.29) is 29.7 Å². The zero-order valence-corrected chi connectivity index (χ0v) is 9.63. The summed E-state index contributed by atoms with van der Waals surface area (Å²) < 4.78 is 0. The van der Waals surface area contributed by atoms with Crippen molar-refractivity contribution in [1.29, 1.82) is 0 Å². The van der Waals surface area contributed by atoms with Crippen molar-refractivity contribution in [2.75, 3.05) is 17.6 Å². The second-order valence-corrected chi connectivity index (χ2v) is 3.56. The largest absolute Gasteiger partial charge is 0.378 e. The van der Waals surface area contributed by atoms with Crippen LogP contribution in [0, 0.1) is 10.1 Å². The molecule has 5 N–H and O–H groups in total. The molecule has 0 atom stereocenters. The van der Waals surface area contributed by atoms with E-state index < -0.39 is 4.92 Å². The van der Waals surface area contributed by atoms with E-state index in [0.29, 0.717) is 19.4 Å². The van der Waals surface area contributed by atoms with Crippen molar-refractivity contribution in [3.8, 4) is 0 Å². The fraction of sp³-hybridized carbons (Fsp3) is 0.444. The van der Waals surface area contributed by atoms with Crippen LogP contribution in [0.4, 0.5) is 17.3 Å². The van der Waals surface area contributed by atoms with E-state index in [1.54, 1.807) is 0 Å². The number of nitrogens with zero attached hydrogens (tertiary/aromatic N) is 3. The maximum atomic E-state index is 10.8. The van der Waals surface area contributed by atoms with Gasteiger partial charge in [-0.15, -0.1) is 0 Å². The molecule has 0 aromatic carbocycles. The molecule has 18 heavy (non-hydrogen) atoms. The fourth-order valence-corrected chi connectivity index (χ4v) is 1.33. The summed E-state index contributed by atoms with van der Waals surface area (Å²) >= 11 is 0. The van der Waals surface area contributed by atoms with Gasteiger partial charge in [0.05, 0.1) is 4.92 Å². The van der Waals surface area contributed by atoms with Crippen LogP contribution >= 0.6 is 0 Å². The highest BCUT2D eigenvalue weighted by Gasteiger charge is 2.20. The van der Waals surface area contributed by atoms with Crippen LogP contribution in [0.15, 0.2) is 6.33 Å². The smallest absolute Gasteiger partial charge is 0.352 e. The number of carbonyl (C=O) groups is 1. The summed E-state index contributed by atoms with van der Waals surface area (Å²) in [5.41, 5.74) is 10.0. The summed E-state index contributed by atoms with van der Waals surface area (Å²) in [4.78, 5) is 27.9.